The van der Waals surface area contributed by atoms with E-state index in [1.165, 1.54) is 12.1 Å². The van der Waals surface area contributed by atoms with Crippen molar-refractivity contribution < 1.29 is 13.9 Å². The highest BCUT2D eigenvalue weighted by atomic mass is 19.1. The fourth-order valence-corrected chi connectivity index (χ4v) is 3.82. The highest BCUT2D eigenvalue weighted by Crippen LogP contribution is 2.26. The topological polar surface area (TPSA) is 54.5 Å². The van der Waals surface area contributed by atoms with Crippen LogP contribution in [0.5, 0.6) is 11.5 Å². The molecule has 0 aliphatic heterocycles. The number of rotatable bonds is 10. The summed E-state index contributed by atoms with van der Waals surface area (Å²) in [6, 6.07) is 17.3. The predicted octanol–water partition coefficient (Wildman–Crippen LogP) is 5.84. The number of carbonyl (C=O) groups is 1. The summed E-state index contributed by atoms with van der Waals surface area (Å²) in [4.78, 5) is 19.8. The minimum Gasteiger partial charge on any atom is -0.457 e. The second-order valence-electron chi connectivity index (χ2n) is 8.21. The molecule has 0 fully saturated rings. The fraction of sp³-hybridized carbons (Fsp3) is 0.333. The molecular weight excluding hydrogens is 417 g/mol. The molecule has 2 aromatic carbocycles. The van der Waals surface area contributed by atoms with Gasteiger partial charge in [0.2, 0.25) is 0 Å². The fourth-order valence-electron chi connectivity index (χ4n) is 3.82. The highest BCUT2D eigenvalue weighted by Gasteiger charge is 2.21. The first-order valence-corrected chi connectivity index (χ1v) is 11.4. The summed E-state index contributed by atoms with van der Waals surface area (Å²) in [5.41, 5.74) is 3.06. The normalized spacial score (nSPS) is 11.8. The van der Waals surface area contributed by atoms with E-state index in [0.29, 0.717) is 17.1 Å². The number of benzene rings is 2. The van der Waals surface area contributed by atoms with Crippen molar-refractivity contribution in [1.29, 1.82) is 0 Å². The molecule has 3 rings (SSSR count). The van der Waals surface area contributed by atoms with E-state index in [0.717, 1.165) is 42.8 Å². The Bertz CT molecular complexity index is 1050. The van der Waals surface area contributed by atoms with Crippen molar-refractivity contribution in [3.05, 3.63) is 77.7 Å². The van der Waals surface area contributed by atoms with Crippen LogP contribution in [0.2, 0.25) is 0 Å². The van der Waals surface area contributed by atoms with Crippen LogP contribution in [0.15, 0.2) is 60.7 Å². The molecule has 0 radical (unpaired) electrons. The second kappa shape index (κ2) is 11.6. The lowest BCUT2D eigenvalue weighted by Crippen LogP contribution is -2.38. The van der Waals surface area contributed by atoms with Crippen molar-refractivity contribution in [2.75, 3.05) is 20.6 Å². The number of nitrogens with zero attached hydrogens (tertiary/aromatic N) is 2. The van der Waals surface area contributed by atoms with Gasteiger partial charge in [0.1, 0.15) is 17.3 Å². The quantitative estimate of drug-likeness (QED) is 0.423. The van der Waals surface area contributed by atoms with E-state index in [1.54, 1.807) is 12.1 Å². The number of nitrogens with one attached hydrogen (secondary N) is 1. The van der Waals surface area contributed by atoms with Gasteiger partial charge in [-0.05, 0) is 94.0 Å². The summed E-state index contributed by atoms with van der Waals surface area (Å²) in [5, 5.41) is 3.18. The Morgan fingerprint density at radius 2 is 1.70 bits per heavy atom. The first-order chi connectivity index (χ1) is 15.9. The molecule has 0 saturated carbocycles. The summed E-state index contributed by atoms with van der Waals surface area (Å²) >= 11 is 0. The molecule has 6 heteroatoms. The third-order valence-electron chi connectivity index (χ3n) is 5.62. The molecule has 0 saturated heterocycles. The van der Waals surface area contributed by atoms with E-state index in [2.05, 4.69) is 17.2 Å². The summed E-state index contributed by atoms with van der Waals surface area (Å²) in [5.74, 6) is 0.907. The van der Waals surface area contributed by atoms with Gasteiger partial charge < -0.3 is 15.0 Å². The van der Waals surface area contributed by atoms with Gasteiger partial charge in [0.05, 0.1) is 5.69 Å². The van der Waals surface area contributed by atoms with Gasteiger partial charge >= 0.3 is 0 Å². The molecule has 0 bridgehead atoms. The van der Waals surface area contributed by atoms with E-state index in [9.17, 15) is 9.18 Å². The minimum absolute atomic E-state index is 0.00701. The van der Waals surface area contributed by atoms with Gasteiger partial charge in [-0.3, -0.25) is 9.78 Å². The third kappa shape index (κ3) is 6.62. The zero-order chi connectivity index (χ0) is 23.8. The molecule has 33 heavy (non-hydrogen) atoms. The maximum absolute atomic E-state index is 13.3. The molecule has 1 amide bonds. The van der Waals surface area contributed by atoms with Crippen molar-refractivity contribution in [3.8, 4) is 22.8 Å². The van der Waals surface area contributed by atoms with Crippen molar-refractivity contribution in [3.63, 3.8) is 0 Å². The third-order valence-corrected chi connectivity index (χ3v) is 5.62. The Morgan fingerprint density at radius 3 is 2.30 bits per heavy atom. The number of hydrogen-bond acceptors (Lipinski definition) is 4. The van der Waals surface area contributed by atoms with E-state index in [1.807, 2.05) is 62.3 Å². The van der Waals surface area contributed by atoms with E-state index < -0.39 is 0 Å². The lowest BCUT2D eigenvalue weighted by Gasteiger charge is -2.28. The Balaban J connectivity index is 1.78. The average molecular weight is 450 g/mol. The molecule has 0 spiro atoms. The van der Waals surface area contributed by atoms with Crippen LogP contribution in [0.25, 0.3) is 11.3 Å². The van der Waals surface area contributed by atoms with Gasteiger partial charge in [0.25, 0.3) is 5.91 Å². The van der Waals surface area contributed by atoms with Crippen LogP contribution in [-0.4, -0.2) is 42.5 Å². The Hall–Kier alpha value is -3.25. The predicted molar refractivity (Wildman–Crippen MR) is 130 cm³/mol. The van der Waals surface area contributed by atoms with Crippen LogP contribution >= 0.6 is 0 Å². The number of carbonyl (C=O) groups excluding carboxylic acids is 1. The van der Waals surface area contributed by atoms with Gasteiger partial charge in [-0.1, -0.05) is 13.3 Å². The van der Waals surface area contributed by atoms with Gasteiger partial charge in [-0.25, -0.2) is 4.39 Å². The molecule has 1 unspecified atom stereocenters. The number of halogens is 1. The monoisotopic (exact) mass is 449 g/mol. The van der Waals surface area contributed by atoms with Gasteiger partial charge in [0, 0.05) is 29.9 Å². The molecule has 0 aliphatic rings. The van der Waals surface area contributed by atoms with E-state index >= 15 is 0 Å². The maximum atomic E-state index is 13.3. The van der Waals surface area contributed by atoms with Crippen LogP contribution in [0.1, 0.15) is 42.2 Å². The van der Waals surface area contributed by atoms with E-state index in [4.69, 9.17) is 4.74 Å². The van der Waals surface area contributed by atoms with Gasteiger partial charge in [-0.15, -0.1) is 0 Å². The van der Waals surface area contributed by atoms with Crippen molar-refractivity contribution in [2.24, 2.45) is 0 Å². The van der Waals surface area contributed by atoms with Crippen molar-refractivity contribution >= 4 is 5.91 Å². The molecule has 1 N–H and O–H groups in total. The highest BCUT2D eigenvalue weighted by molar-refractivity contribution is 5.95. The van der Waals surface area contributed by atoms with Crippen LogP contribution in [0.3, 0.4) is 0 Å². The second-order valence-corrected chi connectivity index (χ2v) is 8.21. The summed E-state index contributed by atoms with van der Waals surface area (Å²) in [6.45, 7) is 4.91. The van der Waals surface area contributed by atoms with Crippen LogP contribution in [-0.2, 0) is 0 Å². The van der Waals surface area contributed by atoms with Crippen LogP contribution in [0.4, 0.5) is 4.39 Å². The van der Waals surface area contributed by atoms with Crippen LogP contribution < -0.4 is 10.1 Å². The molecule has 3 aromatic rings. The lowest BCUT2D eigenvalue weighted by atomic mass is 10.0. The lowest BCUT2D eigenvalue weighted by molar-refractivity contribution is 0.0715. The molecule has 5 nitrogen and oxygen atoms in total. The maximum Gasteiger partial charge on any atom is 0.253 e. The molecule has 1 heterocycles. The zero-order valence-corrected chi connectivity index (χ0v) is 19.8. The minimum atomic E-state index is -0.303. The van der Waals surface area contributed by atoms with Gasteiger partial charge in [0.15, 0.2) is 0 Å². The number of aromatic nitrogens is 1. The Morgan fingerprint density at radius 1 is 1.06 bits per heavy atom. The zero-order valence-electron chi connectivity index (χ0n) is 19.8. The smallest absolute Gasteiger partial charge is 0.253 e. The van der Waals surface area contributed by atoms with Crippen LogP contribution in [0, 0.1) is 12.7 Å². The summed E-state index contributed by atoms with van der Waals surface area (Å²) in [7, 11) is 3.81. The molecule has 1 atom stereocenters. The molecular formula is C27H32FN3O2. The standard InChI is InChI=1S/C27H32FN3O2/c1-5-6-23(15-16-29-3)31(4)27(32)21-17-19(2)30-26(18-21)20-7-11-24(12-8-20)33-25-13-9-22(28)10-14-25/h7-14,17-18,23,29H,5-6,15-16H2,1-4H3. The molecule has 174 valence electrons. The molecule has 1 aromatic heterocycles. The van der Waals surface area contributed by atoms with Gasteiger partial charge in [-0.2, -0.15) is 0 Å². The number of pyridine rings is 1. The van der Waals surface area contributed by atoms with E-state index in [-0.39, 0.29) is 17.8 Å². The number of ether oxygens (including phenoxy) is 1. The Kier molecular flexibility index (Phi) is 8.55. The number of hydrogen-bond donors (Lipinski definition) is 1. The number of aryl methyl sites for hydroxylation is 1. The Labute approximate surface area is 195 Å². The molecule has 0 aliphatic carbocycles. The first kappa shape index (κ1) is 24.4. The van der Waals surface area contributed by atoms with Crippen molar-refractivity contribution in [2.45, 2.75) is 39.2 Å². The van der Waals surface area contributed by atoms with Crippen molar-refractivity contribution in [1.82, 2.24) is 15.2 Å². The number of amides is 1. The average Bonchev–Trinajstić information content (AvgIpc) is 2.82. The summed E-state index contributed by atoms with van der Waals surface area (Å²) in [6.07, 6.45) is 2.91. The largest absolute Gasteiger partial charge is 0.457 e. The first-order valence-electron chi connectivity index (χ1n) is 11.4. The SMILES string of the molecule is CCCC(CCNC)N(C)C(=O)c1cc(C)nc(-c2ccc(Oc3ccc(F)cc3)cc2)c1. The summed E-state index contributed by atoms with van der Waals surface area (Å²) < 4.78 is 18.9.